The predicted octanol–water partition coefficient (Wildman–Crippen LogP) is 4.54. The molecule has 202 valence electrons. The van der Waals surface area contributed by atoms with E-state index in [-0.39, 0.29) is 33.2 Å². The van der Waals surface area contributed by atoms with Gasteiger partial charge >= 0.3 is 13.2 Å². The molecule has 0 saturated heterocycles. The van der Waals surface area contributed by atoms with Gasteiger partial charge in [-0.15, -0.1) is 0 Å². The van der Waals surface area contributed by atoms with Crippen LogP contribution < -0.4 is 15.0 Å². The number of ether oxygens (including phenoxy) is 2. The highest BCUT2D eigenvalue weighted by Gasteiger charge is 2.32. The molecule has 1 aliphatic carbocycles. The number of nitrogens with one attached hydrogen (secondary N) is 1. The molecule has 5 rings (SSSR count). The Kier molecular flexibility index (Phi) is 6.83. The third kappa shape index (κ3) is 4.72. The zero-order valence-corrected chi connectivity index (χ0v) is 20.0. The van der Waals surface area contributed by atoms with E-state index in [9.17, 15) is 32.7 Å². The van der Waals surface area contributed by atoms with Gasteiger partial charge in [0.25, 0.3) is 5.56 Å². The van der Waals surface area contributed by atoms with Crippen LogP contribution in [0.3, 0.4) is 0 Å². The van der Waals surface area contributed by atoms with Gasteiger partial charge in [-0.2, -0.15) is 33.0 Å². The molecular weight excluding hydrogens is 555 g/mol. The van der Waals surface area contributed by atoms with E-state index >= 15 is 4.39 Å². The minimum atomic E-state index is -3.46. The van der Waals surface area contributed by atoms with E-state index in [4.69, 9.17) is 16.3 Å². The molecule has 3 heterocycles. The molecular formula is C23H14ClF5N6O4. The van der Waals surface area contributed by atoms with Crippen molar-refractivity contribution in [1.82, 2.24) is 25.0 Å². The van der Waals surface area contributed by atoms with Gasteiger partial charge in [0.05, 0.1) is 46.6 Å². The summed E-state index contributed by atoms with van der Waals surface area (Å²) >= 11 is 6.04. The maximum atomic E-state index is 15.5. The molecule has 0 aliphatic heterocycles. The molecule has 0 atom stereocenters. The number of nitriles is 1. The summed E-state index contributed by atoms with van der Waals surface area (Å²) in [5, 5.41) is 27.6. The Morgan fingerprint density at radius 2 is 2.03 bits per heavy atom. The summed E-state index contributed by atoms with van der Waals surface area (Å²) in [4.78, 5) is 16.3. The molecule has 1 aromatic carbocycles. The van der Waals surface area contributed by atoms with Crippen molar-refractivity contribution in [2.45, 2.75) is 38.7 Å². The number of aliphatic hydroxyl groups excluding tert-OH is 1. The van der Waals surface area contributed by atoms with Crippen LogP contribution in [-0.2, 0) is 6.61 Å². The second kappa shape index (κ2) is 10.1. The van der Waals surface area contributed by atoms with Crippen molar-refractivity contribution in [3.05, 3.63) is 50.8 Å². The molecule has 1 saturated carbocycles. The Bertz CT molecular complexity index is 1700. The van der Waals surface area contributed by atoms with E-state index in [1.165, 1.54) is 0 Å². The number of nitrogens with zero attached hydrogens (tertiary/aromatic N) is 5. The molecule has 4 aromatic rings. The van der Waals surface area contributed by atoms with Gasteiger partial charge in [0.2, 0.25) is 5.88 Å². The molecule has 1 aliphatic rings. The van der Waals surface area contributed by atoms with Crippen LogP contribution in [0, 0.1) is 17.1 Å². The highest BCUT2D eigenvalue weighted by atomic mass is 35.5. The number of aliphatic hydroxyl groups is 1. The summed E-state index contributed by atoms with van der Waals surface area (Å²) < 4.78 is 80.3. The number of rotatable bonds is 8. The first-order chi connectivity index (χ1) is 18.6. The maximum absolute atomic E-state index is 15.5. The third-order valence-corrected chi connectivity index (χ3v) is 6.05. The fraction of sp³-hybridized carbons (Fsp3) is 0.261. The zero-order chi connectivity index (χ0) is 28.0. The maximum Gasteiger partial charge on any atom is 0.388 e. The number of benzene rings is 1. The van der Waals surface area contributed by atoms with Crippen molar-refractivity contribution < 1.29 is 36.5 Å². The second-order valence-electron chi connectivity index (χ2n) is 8.25. The molecule has 0 radical (unpaired) electrons. The van der Waals surface area contributed by atoms with Crippen molar-refractivity contribution in [3.8, 4) is 40.2 Å². The Morgan fingerprint density at radius 1 is 1.28 bits per heavy atom. The normalized spacial score (nSPS) is 13.3. The van der Waals surface area contributed by atoms with Gasteiger partial charge in [0.1, 0.15) is 22.8 Å². The van der Waals surface area contributed by atoms with Gasteiger partial charge in [0, 0.05) is 17.0 Å². The molecule has 1 fully saturated rings. The van der Waals surface area contributed by atoms with E-state index in [2.05, 4.69) is 19.9 Å². The third-order valence-electron chi connectivity index (χ3n) is 5.77. The molecule has 2 N–H and O–H groups in total. The Labute approximate surface area is 219 Å². The lowest BCUT2D eigenvalue weighted by Gasteiger charge is -2.16. The zero-order valence-electron chi connectivity index (χ0n) is 19.3. The van der Waals surface area contributed by atoms with Crippen molar-refractivity contribution >= 4 is 22.4 Å². The van der Waals surface area contributed by atoms with Gasteiger partial charge in [-0.25, -0.2) is 19.2 Å². The summed E-state index contributed by atoms with van der Waals surface area (Å²) in [6.07, 6.45) is 1.88. The number of hydrogen-bond acceptors (Lipinski definition) is 8. The first-order valence-corrected chi connectivity index (χ1v) is 11.5. The lowest BCUT2D eigenvalue weighted by Crippen LogP contribution is -2.15. The Balaban J connectivity index is 1.85. The number of aromatic nitrogens is 5. The van der Waals surface area contributed by atoms with Crippen LogP contribution in [0.4, 0.5) is 22.0 Å². The van der Waals surface area contributed by atoms with E-state index in [1.54, 1.807) is 6.07 Å². The Hall–Kier alpha value is -4.29. The van der Waals surface area contributed by atoms with E-state index in [0.717, 1.165) is 18.3 Å². The fourth-order valence-corrected chi connectivity index (χ4v) is 4.17. The standard InChI is InChI=1S/C23H14ClF5N6O4/c24-12-4-15(38-8-1-2-8)10(5-30)16(18(12)25)19-11(6-31-35(19)22(26)27)13-3-9-14(7-36)33-34-20(37)17(9)21(32-13)39-23(28)29/h3-4,6,8,22-23,36H,1-2,7H2,(H,34,37). The summed E-state index contributed by atoms with van der Waals surface area (Å²) in [5.74, 6) is -2.32. The van der Waals surface area contributed by atoms with E-state index < -0.39 is 69.9 Å². The molecule has 39 heavy (non-hydrogen) atoms. The SMILES string of the molecule is N#Cc1c(OC2CC2)cc(Cl)c(F)c1-c1c(-c2cc3c(CO)n[nH]c(=O)c3c(OC(F)F)n2)cnn1C(F)F. The summed E-state index contributed by atoms with van der Waals surface area (Å²) in [5.41, 5.74) is -3.78. The second-order valence-corrected chi connectivity index (χ2v) is 8.66. The highest BCUT2D eigenvalue weighted by Crippen LogP contribution is 2.44. The number of hydrogen-bond donors (Lipinski definition) is 2. The first kappa shape index (κ1) is 26.3. The highest BCUT2D eigenvalue weighted by molar-refractivity contribution is 6.31. The summed E-state index contributed by atoms with van der Waals surface area (Å²) in [7, 11) is 0. The van der Waals surface area contributed by atoms with Crippen molar-refractivity contribution in [1.29, 1.82) is 5.26 Å². The van der Waals surface area contributed by atoms with Gasteiger partial charge in [-0.3, -0.25) is 4.79 Å². The average Bonchev–Trinajstić information content (AvgIpc) is 3.59. The van der Waals surface area contributed by atoms with Crippen molar-refractivity contribution in [3.63, 3.8) is 0 Å². The van der Waals surface area contributed by atoms with Crippen molar-refractivity contribution in [2.75, 3.05) is 0 Å². The first-order valence-electron chi connectivity index (χ1n) is 11.1. The number of pyridine rings is 1. The van der Waals surface area contributed by atoms with Gasteiger partial charge in [0.15, 0.2) is 5.82 Å². The van der Waals surface area contributed by atoms with Crippen LogP contribution >= 0.6 is 11.6 Å². The molecule has 0 spiro atoms. The van der Waals surface area contributed by atoms with Crippen LogP contribution in [0.5, 0.6) is 11.6 Å². The smallest absolute Gasteiger partial charge is 0.388 e. The average molecular weight is 569 g/mol. The Morgan fingerprint density at radius 3 is 2.64 bits per heavy atom. The number of halogens is 6. The van der Waals surface area contributed by atoms with Crippen LogP contribution in [0.1, 0.15) is 30.6 Å². The van der Waals surface area contributed by atoms with Gasteiger partial charge in [-0.05, 0) is 18.9 Å². The van der Waals surface area contributed by atoms with Gasteiger partial charge in [-0.1, -0.05) is 11.6 Å². The van der Waals surface area contributed by atoms with Gasteiger partial charge < -0.3 is 14.6 Å². The fourth-order valence-electron chi connectivity index (χ4n) is 3.97. The summed E-state index contributed by atoms with van der Waals surface area (Å²) in [6.45, 7) is -7.58. The predicted molar refractivity (Wildman–Crippen MR) is 124 cm³/mol. The van der Waals surface area contributed by atoms with E-state index in [1.807, 2.05) is 5.10 Å². The molecule has 16 heteroatoms. The molecule has 0 amide bonds. The number of alkyl halides is 4. The quantitative estimate of drug-likeness (QED) is 0.295. The van der Waals surface area contributed by atoms with Crippen LogP contribution in [0.2, 0.25) is 5.02 Å². The molecule has 10 nitrogen and oxygen atoms in total. The summed E-state index contributed by atoms with van der Waals surface area (Å²) in [6, 6.07) is 3.88. The minimum absolute atomic E-state index is 0.0916. The minimum Gasteiger partial charge on any atom is -0.489 e. The molecule has 0 unspecified atom stereocenters. The number of aromatic amines is 1. The number of H-pyrrole nitrogens is 1. The van der Waals surface area contributed by atoms with Crippen LogP contribution in [0.15, 0.2) is 23.1 Å². The van der Waals surface area contributed by atoms with Crippen LogP contribution in [0.25, 0.3) is 33.3 Å². The van der Waals surface area contributed by atoms with Crippen molar-refractivity contribution in [2.24, 2.45) is 0 Å². The molecule has 3 aromatic heterocycles. The lowest BCUT2D eigenvalue weighted by atomic mass is 9.98. The number of fused-ring (bicyclic) bond motifs is 1. The van der Waals surface area contributed by atoms with E-state index in [0.29, 0.717) is 12.8 Å². The largest absolute Gasteiger partial charge is 0.489 e. The molecule has 0 bridgehead atoms. The monoisotopic (exact) mass is 568 g/mol. The van der Waals surface area contributed by atoms with Crippen LogP contribution in [-0.4, -0.2) is 42.8 Å². The lowest BCUT2D eigenvalue weighted by molar-refractivity contribution is -0.0516. The topological polar surface area (TPSA) is 139 Å².